The smallest absolute Gasteiger partial charge is 0.246 e. The van der Waals surface area contributed by atoms with Crippen molar-refractivity contribution in [1.29, 1.82) is 0 Å². The molecule has 19 heavy (non-hydrogen) atoms. The summed E-state index contributed by atoms with van der Waals surface area (Å²) in [6.45, 7) is 3.80. The normalized spacial score (nSPS) is 13.5. The van der Waals surface area contributed by atoms with E-state index in [1.807, 2.05) is 0 Å². The first-order valence-corrected chi connectivity index (χ1v) is 7.10. The molecular formula is C11H16F2N2O3S. The molecule has 0 aromatic heterocycles. The minimum atomic E-state index is -4.30. The molecule has 1 atom stereocenters. The summed E-state index contributed by atoms with van der Waals surface area (Å²) in [6.07, 6.45) is 0. The van der Waals surface area contributed by atoms with Gasteiger partial charge in [0.25, 0.3) is 0 Å². The van der Waals surface area contributed by atoms with Crippen molar-refractivity contribution in [2.75, 3.05) is 18.9 Å². The Balaban J connectivity index is 3.01. The van der Waals surface area contributed by atoms with Crippen molar-refractivity contribution < 1.29 is 21.9 Å². The molecule has 1 aromatic rings. The fourth-order valence-corrected chi connectivity index (χ4v) is 2.84. The first-order valence-electron chi connectivity index (χ1n) is 5.62. The fourth-order valence-electron chi connectivity index (χ4n) is 1.49. The predicted octanol–water partition coefficient (Wildman–Crippen LogP) is 1.25. The average Bonchev–Trinajstić information content (AvgIpc) is 2.23. The highest BCUT2D eigenvalue weighted by molar-refractivity contribution is 7.89. The molecule has 0 saturated carbocycles. The molecule has 0 fully saturated rings. The molecule has 1 aromatic carbocycles. The summed E-state index contributed by atoms with van der Waals surface area (Å²) in [5.41, 5.74) is 5.04. The van der Waals surface area contributed by atoms with Gasteiger partial charge in [-0.3, -0.25) is 0 Å². The van der Waals surface area contributed by atoms with Crippen LogP contribution in [0.2, 0.25) is 0 Å². The Kier molecular flexibility index (Phi) is 5.21. The second-order valence-corrected chi connectivity index (χ2v) is 5.65. The van der Waals surface area contributed by atoms with Crippen LogP contribution in [0, 0.1) is 11.6 Å². The van der Waals surface area contributed by atoms with Gasteiger partial charge in [0.05, 0.1) is 6.61 Å². The van der Waals surface area contributed by atoms with Crippen LogP contribution in [-0.2, 0) is 14.8 Å². The molecule has 0 spiro atoms. The Morgan fingerprint density at radius 2 is 1.89 bits per heavy atom. The maximum atomic E-state index is 13.5. The lowest BCUT2D eigenvalue weighted by molar-refractivity contribution is 0.133. The Morgan fingerprint density at radius 3 is 2.37 bits per heavy atom. The molecule has 3 N–H and O–H groups in total. The van der Waals surface area contributed by atoms with Crippen LogP contribution < -0.4 is 10.5 Å². The lowest BCUT2D eigenvalue weighted by Crippen LogP contribution is -2.36. The third-order valence-electron chi connectivity index (χ3n) is 2.22. The Morgan fingerprint density at radius 1 is 1.37 bits per heavy atom. The van der Waals surface area contributed by atoms with Gasteiger partial charge in [-0.15, -0.1) is 0 Å². The molecule has 0 amide bonds. The molecule has 0 radical (unpaired) electrons. The molecule has 0 aliphatic carbocycles. The van der Waals surface area contributed by atoms with E-state index in [2.05, 4.69) is 4.72 Å². The van der Waals surface area contributed by atoms with E-state index < -0.39 is 32.6 Å². The topological polar surface area (TPSA) is 81.4 Å². The number of benzene rings is 1. The van der Waals surface area contributed by atoms with Gasteiger partial charge in [-0.1, -0.05) is 0 Å². The van der Waals surface area contributed by atoms with Crippen molar-refractivity contribution in [2.24, 2.45) is 0 Å². The largest absolute Gasteiger partial charge is 0.399 e. The number of ether oxygens (including phenoxy) is 1. The van der Waals surface area contributed by atoms with Crippen molar-refractivity contribution in [1.82, 2.24) is 4.72 Å². The van der Waals surface area contributed by atoms with Crippen LogP contribution in [-0.4, -0.2) is 27.7 Å². The van der Waals surface area contributed by atoms with Gasteiger partial charge < -0.3 is 10.5 Å². The number of hydrogen-bond donors (Lipinski definition) is 2. The maximum absolute atomic E-state index is 13.5. The van der Waals surface area contributed by atoms with Gasteiger partial charge >= 0.3 is 0 Å². The summed E-state index contributed by atoms with van der Waals surface area (Å²) >= 11 is 0. The number of sulfonamides is 1. The van der Waals surface area contributed by atoms with E-state index in [-0.39, 0.29) is 12.3 Å². The minimum Gasteiger partial charge on any atom is -0.399 e. The molecule has 0 saturated heterocycles. The van der Waals surface area contributed by atoms with E-state index in [0.29, 0.717) is 6.61 Å². The molecule has 0 aliphatic rings. The average molecular weight is 294 g/mol. The fraction of sp³-hybridized carbons (Fsp3) is 0.455. The molecule has 0 aliphatic heterocycles. The van der Waals surface area contributed by atoms with Crippen molar-refractivity contribution >= 4 is 15.7 Å². The second-order valence-electron chi connectivity index (χ2n) is 4.00. The zero-order chi connectivity index (χ0) is 14.6. The SMILES string of the molecule is CCOCC(C)NS(=O)(=O)c1c(F)cc(N)cc1F. The van der Waals surface area contributed by atoms with E-state index in [0.717, 1.165) is 12.1 Å². The maximum Gasteiger partial charge on any atom is 0.246 e. The number of nitrogens with one attached hydrogen (secondary N) is 1. The summed E-state index contributed by atoms with van der Waals surface area (Å²) in [7, 11) is -4.30. The van der Waals surface area contributed by atoms with E-state index in [1.165, 1.54) is 6.92 Å². The van der Waals surface area contributed by atoms with Crippen LogP contribution >= 0.6 is 0 Å². The van der Waals surface area contributed by atoms with Crippen LogP contribution in [0.1, 0.15) is 13.8 Å². The van der Waals surface area contributed by atoms with Gasteiger partial charge in [0.1, 0.15) is 11.6 Å². The van der Waals surface area contributed by atoms with Gasteiger partial charge in [-0.25, -0.2) is 21.9 Å². The number of hydrogen-bond acceptors (Lipinski definition) is 4. The van der Waals surface area contributed by atoms with Crippen molar-refractivity contribution in [2.45, 2.75) is 24.8 Å². The Labute approximate surface area is 110 Å². The van der Waals surface area contributed by atoms with Crippen LogP contribution in [0.15, 0.2) is 17.0 Å². The van der Waals surface area contributed by atoms with Gasteiger partial charge in [-0.2, -0.15) is 0 Å². The lowest BCUT2D eigenvalue weighted by Gasteiger charge is -2.15. The zero-order valence-electron chi connectivity index (χ0n) is 10.6. The predicted molar refractivity (Wildman–Crippen MR) is 67.0 cm³/mol. The summed E-state index contributed by atoms with van der Waals surface area (Å²) in [5.74, 6) is -2.46. The summed E-state index contributed by atoms with van der Waals surface area (Å²) in [6, 6.07) is 0.900. The first-order chi connectivity index (χ1) is 8.77. The minimum absolute atomic E-state index is 0.105. The molecular weight excluding hydrogens is 278 g/mol. The van der Waals surface area contributed by atoms with Crippen LogP contribution in [0.25, 0.3) is 0 Å². The molecule has 5 nitrogen and oxygen atoms in total. The monoisotopic (exact) mass is 294 g/mol. The quantitative estimate of drug-likeness (QED) is 0.774. The molecule has 1 rings (SSSR count). The third-order valence-corrected chi connectivity index (χ3v) is 3.86. The van der Waals surface area contributed by atoms with Gasteiger partial charge in [0, 0.05) is 18.3 Å². The molecule has 0 heterocycles. The standard InChI is InChI=1S/C11H16F2N2O3S/c1-3-18-6-7(2)15-19(16,17)11-9(12)4-8(14)5-10(11)13/h4-5,7,15H,3,6,14H2,1-2H3. The van der Waals surface area contributed by atoms with Gasteiger partial charge in [0.2, 0.25) is 10.0 Å². The van der Waals surface area contributed by atoms with Crippen LogP contribution in [0.4, 0.5) is 14.5 Å². The van der Waals surface area contributed by atoms with E-state index in [4.69, 9.17) is 10.5 Å². The number of halogens is 2. The van der Waals surface area contributed by atoms with E-state index in [1.54, 1.807) is 6.92 Å². The molecule has 8 heteroatoms. The Bertz CT molecular complexity index is 526. The zero-order valence-corrected chi connectivity index (χ0v) is 11.4. The lowest BCUT2D eigenvalue weighted by atomic mass is 10.3. The number of anilines is 1. The van der Waals surface area contributed by atoms with Crippen molar-refractivity contribution in [3.63, 3.8) is 0 Å². The summed E-state index contributed by atoms with van der Waals surface area (Å²) < 4.78 is 58.0. The number of nitrogen functional groups attached to an aromatic ring is 1. The summed E-state index contributed by atoms with van der Waals surface area (Å²) in [4.78, 5) is -1.04. The van der Waals surface area contributed by atoms with Gasteiger partial charge in [0.15, 0.2) is 4.90 Å². The van der Waals surface area contributed by atoms with Crippen LogP contribution in [0.3, 0.4) is 0 Å². The Hall–Kier alpha value is -1.25. The van der Waals surface area contributed by atoms with E-state index in [9.17, 15) is 17.2 Å². The molecule has 0 bridgehead atoms. The van der Waals surface area contributed by atoms with Crippen molar-refractivity contribution in [3.05, 3.63) is 23.8 Å². The third kappa shape index (κ3) is 4.12. The molecule has 1 unspecified atom stereocenters. The molecule has 108 valence electrons. The van der Waals surface area contributed by atoms with Crippen molar-refractivity contribution in [3.8, 4) is 0 Å². The highest BCUT2D eigenvalue weighted by atomic mass is 32.2. The van der Waals surface area contributed by atoms with E-state index >= 15 is 0 Å². The first kappa shape index (κ1) is 15.8. The van der Waals surface area contributed by atoms with Crippen LogP contribution in [0.5, 0.6) is 0 Å². The number of rotatable bonds is 6. The summed E-state index contributed by atoms with van der Waals surface area (Å²) in [5, 5.41) is 0. The highest BCUT2D eigenvalue weighted by Gasteiger charge is 2.26. The van der Waals surface area contributed by atoms with Gasteiger partial charge in [-0.05, 0) is 26.0 Å². The highest BCUT2D eigenvalue weighted by Crippen LogP contribution is 2.21. The number of nitrogens with two attached hydrogens (primary N) is 1. The second kappa shape index (κ2) is 6.27.